The average molecular weight is 425 g/mol. The van der Waals surface area contributed by atoms with Crippen molar-refractivity contribution in [2.24, 2.45) is 0 Å². The van der Waals surface area contributed by atoms with Crippen LogP contribution in [-0.2, 0) is 21.4 Å². The number of nitrogens with one attached hydrogen (secondary N) is 1. The van der Waals surface area contributed by atoms with Crippen LogP contribution in [0.3, 0.4) is 0 Å². The number of aromatic nitrogens is 2. The molecule has 1 amide bonds. The minimum atomic E-state index is -3.50. The van der Waals surface area contributed by atoms with E-state index < -0.39 is 10.0 Å². The summed E-state index contributed by atoms with van der Waals surface area (Å²) in [4.78, 5) is 12.3. The third-order valence-corrected chi connectivity index (χ3v) is 6.36. The number of benzene rings is 1. The molecular weight excluding hydrogens is 400 g/mol. The maximum absolute atomic E-state index is 12.2. The van der Waals surface area contributed by atoms with E-state index in [0.717, 1.165) is 29.4 Å². The highest BCUT2D eigenvalue weighted by Crippen LogP contribution is 2.22. The van der Waals surface area contributed by atoms with Crippen LogP contribution in [0.15, 0.2) is 35.2 Å². The van der Waals surface area contributed by atoms with Crippen LogP contribution in [-0.4, -0.2) is 42.5 Å². The van der Waals surface area contributed by atoms with Crippen LogP contribution in [0.2, 0.25) is 5.15 Å². The summed E-state index contributed by atoms with van der Waals surface area (Å²) in [6, 6.07) is 5.99. The zero-order valence-electron chi connectivity index (χ0n) is 16.4. The Morgan fingerprint density at radius 2 is 1.93 bits per heavy atom. The molecule has 0 saturated carbocycles. The standard InChI is InChI=1S/C19H25ClN4O3S/c1-5-6-13-24-19(20)17(14(2)22-24)11-12-18(25)21-15-7-9-16(10-8-15)28(26,27)23(3)4/h7-12H,5-6,13H2,1-4H3,(H,21,25)/b12-11+. The third kappa shape index (κ3) is 5.21. The quantitative estimate of drug-likeness (QED) is 0.657. The fourth-order valence-corrected chi connectivity index (χ4v) is 3.70. The zero-order valence-corrected chi connectivity index (χ0v) is 18.0. The number of carbonyl (C=O) groups excluding carboxylic acids is 1. The van der Waals surface area contributed by atoms with Crippen molar-refractivity contribution in [2.45, 2.75) is 38.1 Å². The molecule has 1 N–H and O–H groups in total. The molecule has 1 heterocycles. The summed E-state index contributed by atoms with van der Waals surface area (Å²) in [6.45, 7) is 4.67. The first-order valence-corrected chi connectivity index (χ1v) is 10.7. The first-order valence-electron chi connectivity index (χ1n) is 8.91. The second-order valence-corrected chi connectivity index (χ2v) is 9.01. The van der Waals surface area contributed by atoms with Crippen LogP contribution in [0.1, 0.15) is 31.0 Å². The Labute approximate surface area is 171 Å². The number of sulfonamides is 1. The van der Waals surface area contributed by atoms with Gasteiger partial charge in [0.2, 0.25) is 15.9 Å². The minimum Gasteiger partial charge on any atom is -0.323 e. The van der Waals surface area contributed by atoms with Crippen molar-refractivity contribution in [1.82, 2.24) is 14.1 Å². The lowest BCUT2D eigenvalue weighted by molar-refractivity contribution is -0.111. The molecule has 0 aliphatic heterocycles. The van der Waals surface area contributed by atoms with Crippen LogP contribution in [0.4, 0.5) is 5.69 Å². The van der Waals surface area contributed by atoms with E-state index in [9.17, 15) is 13.2 Å². The van der Waals surface area contributed by atoms with Crippen LogP contribution in [0, 0.1) is 6.92 Å². The van der Waals surface area contributed by atoms with Gasteiger partial charge in [0.1, 0.15) is 5.15 Å². The van der Waals surface area contributed by atoms with E-state index in [1.54, 1.807) is 22.9 Å². The summed E-state index contributed by atoms with van der Waals surface area (Å²) in [5, 5.41) is 7.60. The van der Waals surface area contributed by atoms with Gasteiger partial charge in [-0.3, -0.25) is 9.48 Å². The second-order valence-electron chi connectivity index (χ2n) is 6.50. The fraction of sp³-hybridized carbons (Fsp3) is 0.368. The molecule has 0 fully saturated rings. The molecule has 0 radical (unpaired) electrons. The van der Waals surface area contributed by atoms with Crippen LogP contribution >= 0.6 is 11.6 Å². The van der Waals surface area contributed by atoms with E-state index >= 15 is 0 Å². The molecule has 0 aliphatic rings. The lowest BCUT2D eigenvalue weighted by Gasteiger charge is -2.11. The van der Waals surface area contributed by atoms with Crippen LogP contribution in [0.25, 0.3) is 6.08 Å². The Balaban J connectivity index is 2.07. The van der Waals surface area contributed by atoms with Crippen LogP contribution in [0.5, 0.6) is 0 Å². The Morgan fingerprint density at radius 3 is 2.50 bits per heavy atom. The van der Waals surface area contributed by atoms with E-state index in [-0.39, 0.29) is 10.8 Å². The Hall–Kier alpha value is -2.16. The highest BCUT2D eigenvalue weighted by molar-refractivity contribution is 7.89. The number of anilines is 1. The predicted molar refractivity (Wildman–Crippen MR) is 112 cm³/mol. The molecule has 0 saturated heterocycles. The number of aryl methyl sites for hydroxylation is 2. The first-order chi connectivity index (χ1) is 13.2. The summed E-state index contributed by atoms with van der Waals surface area (Å²) >= 11 is 6.35. The Morgan fingerprint density at radius 1 is 1.29 bits per heavy atom. The molecule has 2 aromatic rings. The molecule has 0 aliphatic carbocycles. The van der Waals surface area contributed by atoms with Crippen molar-refractivity contribution < 1.29 is 13.2 Å². The van der Waals surface area contributed by atoms with E-state index in [4.69, 9.17) is 11.6 Å². The van der Waals surface area contributed by atoms with Gasteiger partial charge in [-0.1, -0.05) is 24.9 Å². The summed E-state index contributed by atoms with van der Waals surface area (Å²) in [5.74, 6) is -0.347. The highest BCUT2D eigenvalue weighted by Gasteiger charge is 2.16. The molecule has 152 valence electrons. The monoisotopic (exact) mass is 424 g/mol. The normalized spacial score (nSPS) is 12.1. The van der Waals surface area contributed by atoms with Gasteiger partial charge in [0.25, 0.3) is 0 Å². The second kappa shape index (κ2) is 9.36. The molecule has 0 atom stereocenters. The third-order valence-electron chi connectivity index (χ3n) is 4.13. The first kappa shape index (κ1) is 22.1. The Bertz CT molecular complexity index is 964. The molecule has 0 unspecified atom stereocenters. The molecular formula is C19H25ClN4O3S. The SMILES string of the molecule is CCCCn1nc(C)c(/C=C/C(=O)Nc2ccc(S(=O)(=O)N(C)C)cc2)c1Cl. The number of nitrogens with zero attached hydrogens (tertiary/aromatic N) is 3. The van der Waals surface area contributed by atoms with Crippen molar-refractivity contribution in [3.8, 4) is 0 Å². The van der Waals surface area contributed by atoms with Gasteiger partial charge in [0.05, 0.1) is 10.6 Å². The van der Waals surface area contributed by atoms with Crippen molar-refractivity contribution in [1.29, 1.82) is 0 Å². The minimum absolute atomic E-state index is 0.160. The molecule has 7 nitrogen and oxygen atoms in total. The summed E-state index contributed by atoms with van der Waals surface area (Å²) in [6.07, 6.45) is 5.03. The zero-order chi connectivity index (χ0) is 20.9. The van der Waals surface area contributed by atoms with E-state index in [0.29, 0.717) is 16.4 Å². The largest absolute Gasteiger partial charge is 0.323 e. The summed E-state index contributed by atoms with van der Waals surface area (Å²) in [7, 11) is -0.569. The average Bonchev–Trinajstić information content (AvgIpc) is 2.91. The van der Waals surface area contributed by atoms with E-state index in [1.165, 1.54) is 32.3 Å². The maximum atomic E-state index is 12.2. The molecule has 28 heavy (non-hydrogen) atoms. The molecule has 9 heteroatoms. The number of halogens is 1. The number of amides is 1. The predicted octanol–water partition coefficient (Wildman–Crippen LogP) is 3.55. The van der Waals surface area contributed by atoms with E-state index in [1.807, 2.05) is 6.92 Å². The highest BCUT2D eigenvalue weighted by atomic mass is 35.5. The molecule has 2 rings (SSSR count). The van der Waals surface area contributed by atoms with Gasteiger partial charge >= 0.3 is 0 Å². The number of rotatable bonds is 8. The molecule has 0 spiro atoms. The van der Waals surface area contributed by atoms with Crippen molar-refractivity contribution >= 4 is 39.3 Å². The van der Waals surface area contributed by atoms with Gasteiger partial charge in [-0.2, -0.15) is 5.10 Å². The summed E-state index contributed by atoms with van der Waals surface area (Å²) in [5.41, 5.74) is 1.96. The summed E-state index contributed by atoms with van der Waals surface area (Å²) < 4.78 is 27.0. The molecule has 1 aromatic heterocycles. The fourth-order valence-electron chi connectivity index (χ4n) is 2.48. The lowest BCUT2D eigenvalue weighted by atomic mass is 10.2. The van der Waals surface area contributed by atoms with Crippen molar-refractivity contribution in [2.75, 3.05) is 19.4 Å². The van der Waals surface area contributed by atoms with Gasteiger partial charge in [0.15, 0.2) is 0 Å². The number of hydrogen-bond acceptors (Lipinski definition) is 4. The smallest absolute Gasteiger partial charge is 0.248 e. The van der Waals surface area contributed by atoms with Gasteiger partial charge in [0, 0.05) is 38.0 Å². The van der Waals surface area contributed by atoms with E-state index in [2.05, 4.69) is 17.3 Å². The van der Waals surface area contributed by atoms with Gasteiger partial charge in [-0.25, -0.2) is 12.7 Å². The van der Waals surface area contributed by atoms with Gasteiger partial charge < -0.3 is 5.32 Å². The topological polar surface area (TPSA) is 84.3 Å². The Kier molecular flexibility index (Phi) is 7.40. The number of unbranched alkanes of at least 4 members (excludes halogenated alkanes) is 1. The molecule has 0 bridgehead atoms. The number of carbonyl (C=O) groups is 1. The lowest BCUT2D eigenvalue weighted by Crippen LogP contribution is -2.22. The molecule has 1 aromatic carbocycles. The van der Waals surface area contributed by atoms with Gasteiger partial charge in [-0.05, 0) is 43.7 Å². The van der Waals surface area contributed by atoms with Crippen molar-refractivity contribution in [3.05, 3.63) is 46.8 Å². The van der Waals surface area contributed by atoms with Crippen molar-refractivity contribution in [3.63, 3.8) is 0 Å². The number of hydrogen-bond donors (Lipinski definition) is 1. The van der Waals surface area contributed by atoms with Gasteiger partial charge in [-0.15, -0.1) is 0 Å². The van der Waals surface area contributed by atoms with Crippen LogP contribution < -0.4 is 5.32 Å². The maximum Gasteiger partial charge on any atom is 0.248 e.